The lowest BCUT2D eigenvalue weighted by Gasteiger charge is -2.18. The van der Waals surface area contributed by atoms with Gasteiger partial charge >= 0.3 is 5.97 Å². The minimum absolute atomic E-state index is 0.0129. The van der Waals surface area contributed by atoms with Crippen LogP contribution in [0, 0.1) is 0 Å². The van der Waals surface area contributed by atoms with E-state index in [4.69, 9.17) is 4.74 Å². The summed E-state index contributed by atoms with van der Waals surface area (Å²) in [7, 11) is 0. The molecule has 28 heavy (non-hydrogen) atoms. The Morgan fingerprint density at radius 3 is 2.61 bits per heavy atom. The average molecular weight is 379 g/mol. The standard InChI is InChI=1S/C22H25N3O3/c1-6-21(27)28-14(2)11-15-7-10-20(26)19(12-15)25-23-17-9-8-16(22(3,4)5)13-18(17)24-25/h6-10,12-14,26H,1,11H2,2-5H3. The van der Waals surface area contributed by atoms with E-state index in [-0.39, 0.29) is 17.3 Å². The lowest BCUT2D eigenvalue weighted by molar-refractivity contribution is -0.142. The first-order valence-electron chi connectivity index (χ1n) is 9.20. The van der Waals surface area contributed by atoms with Crippen LogP contribution in [0.1, 0.15) is 38.8 Å². The summed E-state index contributed by atoms with van der Waals surface area (Å²) in [5.74, 6) is -0.378. The largest absolute Gasteiger partial charge is 0.506 e. The molecule has 6 heteroatoms. The van der Waals surface area contributed by atoms with E-state index >= 15 is 0 Å². The van der Waals surface area contributed by atoms with Crippen molar-refractivity contribution in [1.29, 1.82) is 0 Å². The molecule has 3 rings (SSSR count). The van der Waals surface area contributed by atoms with Gasteiger partial charge in [0, 0.05) is 12.5 Å². The molecule has 146 valence electrons. The van der Waals surface area contributed by atoms with Gasteiger partial charge in [-0.15, -0.1) is 15.0 Å². The zero-order chi connectivity index (χ0) is 20.5. The van der Waals surface area contributed by atoms with Crippen LogP contribution in [0.3, 0.4) is 0 Å². The molecule has 0 spiro atoms. The number of carbonyl (C=O) groups is 1. The van der Waals surface area contributed by atoms with Gasteiger partial charge in [-0.1, -0.05) is 39.5 Å². The first-order chi connectivity index (χ1) is 13.2. The maximum Gasteiger partial charge on any atom is 0.330 e. The van der Waals surface area contributed by atoms with Crippen molar-refractivity contribution in [2.75, 3.05) is 0 Å². The van der Waals surface area contributed by atoms with Crippen molar-refractivity contribution >= 4 is 17.0 Å². The summed E-state index contributed by atoms with van der Waals surface area (Å²) in [5, 5.41) is 19.4. The van der Waals surface area contributed by atoms with Gasteiger partial charge in [0.25, 0.3) is 0 Å². The molecular formula is C22H25N3O3. The predicted molar refractivity (Wildman–Crippen MR) is 109 cm³/mol. The molecule has 2 aromatic carbocycles. The fourth-order valence-corrected chi connectivity index (χ4v) is 2.96. The fourth-order valence-electron chi connectivity index (χ4n) is 2.96. The van der Waals surface area contributed by atoms with Crippen LogP contribution in [-0.2, 0) is 21.4 Å². The quantitative estimate of drug-likeness (QED) is 0.534. The molecule has 0 radical (unpaired) electrons. The molecule has 6 nitrogen and oxygen atoms in total. The van der Waals surface area contributed by atoms with Gasteiger partial charge in [0.15, 0.2) is 0 Å². The Bertz CT molecular complexity index is 1030. The number of esters is 1. The number of hydrogen-bond donors (Lipinski definition) is 1. The Hall–Kier alpha value is -3.15. The molecule has 1 N–H and O–H groups in total. The minimum atomic E-state index is -0.457. The first-order valence-corrected chi connectivity index (χ1v) is 9.20. The van der Waals surface area contributed by atoms with Crippen LogP contribution in [0.2, 0.25) is 0 Å². The van der Waals surface area contributed by atoms with E-state index in [0.29, 0.717) is 12.1 Å². The number of aromatic nitrogens is 3. The molecular weight excluding hydrogens is 354 g/mol. The maximum absolute atomic E-state index is 11.3. The average Bonchev–Trinajstić information content (AvgIpc) is 3.05. The van der Waals surface area contributed by atoms with Crippen molar-refractivity contribution in [3.05, 3.63) is 60.2 Å². The van der Waals surface area contributed by atoms with Crippen molar-refractivity contribution in [3.63, 3.8) is 0 Å². The van der Waals surface area contributed by atoms with Crippen molar-refractivity contribution in [2.24, 2.45) is 0 Å². The SMILES string of the molecule is C=CC(=O)OC(C)Cc1ccc(O)c(-n2nc3ccc(C(C)(C)C)cc3n2)c1. The Balaban J connectivity index is 1.92. The van der Waals surface area contributed by atoms with Crippen molar-refractivity contribution in [1.82, 2.24) is 15.0 Å². The number of phenols is 1. The Kier molecular flexibility index (Phi) is 5.23. The van der Waals surface area contributed by atoms with E-state index < -0.39 is 5.97 Å². The van der Waals surface area contributed by atoms with Gasteiger partial charge in [0.05, 0.1) is 0 Å². The van der Waals surface area contributed by atoms with Crippen molar-refractivity contribution in [2.45, 2.75) is 45.6 Å². The Labute approximate surface area is 164 Å². The third-order valence-corrected chi connectivity index (χ3v) is 4.51. The second-order valence-electron chi connectivity index (χ2n) is 7.92. The lowest BCUT2D eigenvalue weighted by Crippen LogP contribution is -2.15. The zero-order valence-corrected chi connectivity index (χ0v) is 16.6. The second kappa shape index (κ2) is 7.46. The third kappa shape index (κ3) is 4.22. The van der Waals surface area contributed by atoms with E-state index in [2.05, 4.69) is 37.5 Å². The molecule has 0 aliphatic carbocycles. The fraction of sp³-hybridized carbons (Fsp3) is 0.318. The highest BCUT2D eigenvalue weighted by atomic mass is 16.5. The molecule has 1 heterocycles. The summed E-state index contributed by atoms with van der Waals surface area (Å²) in [6, 6.07) is 11.2. The summed E-state index contributed by atoms with van der Waals surface area (Å²) in [6.07, 6.45) is 1.33. The number of hydrogen-bond acceptors (Lipinski definition) is 5. The van der Waals surface area contributed by atoms with E-state index in [9.17, 15) is 9.90 Å². The predicted octanol–water partition coefficient (Wildman–Crippen LogP) is 4.08. The number of carbonyl (C=O) groups excluding carboxylic acids is 1. The molecule has 0 fully saturated rings. The van der Waals surface area contributed by atoms with Gasteiger partial charge in [0.2, 0.25) is 0 Å². The van der Waals surface area contributed by atoms with Crippen LogP contribution in [0.25, 0.3) is 16.7 Å². The van der Waals surface area contributed by atoms with Crippen molar-refractivity contribution < 1.29 is 14.6 Å². The van der Waals surface area contributed by atoms with Crippen molar-refractivity contribution in [3.8, 4) is 11.4 Å². The van der Waals surface area contributed by atoms with Crippen LogP contribution in [0.4, 0.5) is 0 Å². The first kappa shape index (κ1) is 19.6. The second-order valence-corrected chi connectivity index (χ2v) is 7.92. The third-order valence-electron chi connectivity index (χ3n) is 4.51. The molecule has 1 aromatic heterocycles. The smallest absolute Gasteiger partial charge is 0.330 e. The van der Waals surface area contributed by atoms with Gasteiger partial charge in [-0.25, -0.2) is 4.79 Å². The number of rotatable bonds is 5. The summed E-state index contributed by atoms with van der Waals surface area (Å²) < 4.78 is 5.21. The van der Waals surface area contributed by atoms with E-state index in [1.54, 1.807) is 18.2 Å². The maximum atomic E-state index is 11.3. The molecule has 0 aliphatic heterocycles. The summed E-state index contributed by atoms with van der Waals surface area (Å²) in [5.41, 5.74) is 4.08. The van der Waals surface area contributed by atoms with Crippen LogP contribution < -0.4 is 0 Å². The topological polar surface area (TPSA) is 77.2 Å². The highest BCUT2D eigenvalue weighted by Crippen LogP contribution is 2.27. The summed E-state index contributed by atoms with van der Waals surface area (Å²) in [6.45, 7) is 11.6. The zero-order valence-electron chi connectivity index (χ0n) is 16.6. The molecule has 1 atom stereocenters. The lowest BCUT2D eigenvalue weighted by atomic mass is 9.87. The van der Waals surface area contributed by atoms with Crippen LogP contribution >= 0.6 is 0 Å². The molecule has 0 bridgehead atoms. The number of nitrogens with zero attached hydrogens (tertiary/aromatic N) is 3. The number of aromatic hydroxyl groups is 1. The summed E-state index contributed by atoms with van der Waals surface area (Å²) >= 11 is 0. The highest BCUT2D eigenvalue weighted by Gasteiger charge is 2.17. The molecule has 0 saturated carbocycles. The van der Waals surface area contributed by atoms with Gasteiger partial charge in [-0.05, 0) is 47.7 Å². The van der Waals surface area contributed by atoms with Gasteiger partial charge in [0.1, 0.15) is 28.6 Å². The van der Waals surface area contributed by atoms with Crippen LogP contribution in [0.5, 0.6) is 5.75 Å². The normalized spacial score (nSPS) is 12.7. The summed E-state index contributed by atoms with van der Waals surface area (Å²) in [4.78, 5) is 12.8. The van der Waals surface area contributed by atoms with E-state index in [1.807, 2.05) is 25.1 Å². The number of benzene rings is 2. The Morgan fingerprint density at radius 1 is 1.21 bits per heavy atom. The molecule has 3 aromatic rings. The molecule has 0 amide bonds. The van der Waals surface area contributed by atoms with E-state index in [1.165, 1.54) is 10.4 Å². The van der Waals surface area contributed by atoms with Gasteiger partial charge in [-0.3, -0.25) is 0 Å². The van der Waals surface area contributed by atoms with Crippen LogP contribution in [0.15, 0.2) is 49.1 Å². The number of ether oxygens (including phenoxy) is 1. The van der Waals surface area contributed by atoms with E-state index in [0.717, 1.165) is 22.7 Å². The van der Waals surface area contributed by atoms with Crippen LogP contribution in [-0.4, -0.2) is 32.2 Å². The highest BCUT2D eigenvalue weighted by molar-refractivity contribution is 5.81. The van der Waals surface area contributed by atoms with Gasteiger partial charge in [-0.2, -0.15) is 0 Å². The number of fused-ring (bicyclic) bond motifs is 1. The molecule has 0 saturated heterocycles. The number of phenolic OH excluding ortho intramolecular Hbond substituents is 1. The monoisotopic (exact) mass is 379 g/mol. The molecule has 0 aliphatic rings. The van der Waals surface area contributed by atoms with Gasteiger partial charge < -0.3 is 9.84 Å². The molecule has 1 unspecified atom stereocenters. The Morgan fingerprint density at radius 2 is 1.93 bits per heavy atom. The minimum Gasteiger partial charge on any atom is -0.506 e.